The first-order valence-electron chi connectivity index (χ1n) is 8.05. The molecule has 0 amide bonds. The summed E-state index contributed by atoms with van der Waals surface area (Å²) in [7, 11) is 0. The smallest absolute Gasteiger partial charge is 0.186 e. The molecule has 5 nitrogen and oxygen atoms in total. The van der Waals surface area contributed by atoms with Gasteiger partial charge in [-0.1, -0.05) is 0 Å². The lowest BCUT2D eigenvalue weighted by atomic mass is 10.2. The van der Waals surface area contributed by atoms with Crippen LogP contribution in [0.2, 0.25) is 0 Å². The lowest BCUT2D eigenvalue weighted by molar-refractivity contribution is 0.340. The van der Waals surface area contributed by atoms with Crippen LogP contribution in [-0.2, 0) is 0 Å². The Hall–Kier alpha value is -2.34. The van der Waals surface area contributed by atoms with Crippen LogP contribution in [0.5, 0.6) is 5.75 Å². The predicted molar refractivity (Wildman–Crippen MR) is 103 cm³/mol. The summed E-state index contributed by atoms with van der Waals surface area (Å²) in [4.78, 5) is 0. The molecule has 0 aliphatic rings. The van der Waals surface area contributed by atoms with Crippen LogP contribution in [0.1, 0.15) is 30.8 Å². The zero-order valence-corrected chi connectivity index (χ0v) is 15.4. The molecule has 0 spiro atoms. The molecule has 0 saturated carbocycles. The highest BCUT2D eigenvalue weighted by atomic mass is 32.1. The second kappa shape index (κ2) is 8.49. The van der Waals surface area contributed by atoms with Crippen molar-refractivity contribution in [2.45, 2.75) is 27.7 Å². The molecule has 2 rings (SSSR count). The van der Waals surface area contributed by atoms with Crippen LogP contribution >= 0.6 is 12.2 Å². The van der Waals surface area contributed by atoms with Crippen molar-refractivity contribution < 1.29 is 4.74 Å². The molecule has 0 aliphatic carbocycles. The van der Waals surface area contributed by atoms with Gasteiger partial charge in [-0.05, 0) is 70.2 Å². The van der Waals surface area contributed by atoms with Gasteiger partial charge in [0.15, 0.2) is 5.11 Å². The molecule has 128 valence electrons. The average Bonchev–Trinajstić information content (AvgIpc) is 2.83. The van der Waals surface area contributed by atoms with Gasteiger partial charge in [0, 0.05) is 29.2 Å². The number of hydrazone groups is 1. The van der Waals surface area contributed by atoms with E-state index in [1.54, 1.807) is 6.21 Å². The number of rotatable bonds is 6. The van der Waals surface area contributed by atoms with Gasteiger partial charge in [0.25, 0.3) is 0 Å². The lowest BCUT2D eigenvalue weighted by Crippen LogP contribution is -2.31. The van der Waals surface area contributed by atoms with Crippen molar-refractivity contribution in [1.29, 1.82) is 0 Å². The van der Waals surface area contributed by atoms with Crippen molar-refractivity contribution in [2.75, 3.05) is 13.2 Å². The number of ether oxygens (including phenoxy) is 1. The SMILES string of the molecule is CCNC(=S)N/N=C\c1cc(C)n(-c2ccc(OCC)cc2)c1C. The first-order chi connectivity index (χ1) is 11.6. The number of hydrogen-bond acceptors (Lipinski definition) is 3. The van der Waals surface area contributed by atoms with Crippen LogP contribution in [0.25, 0.3) is 5.69 Å². The van der Waals surface area contributed by atoms with E-state index in [0.717, 1.165) is 34.9 Å². The minimum absolute atomic E-state index is 0.522. The van der Waals surface area contributed by atoms with Gasteiger partial charge >= 0.3 is 0 Å². The molecule has 2 N–H and O–H groups in total. The van der Waals surface area contributed by atoms with Crippen molar-refractivity contribution in [3.05, 3.63) is 47.3 Å². The molecule has 0 saturated heterocycles. The molecule has 1 aromatic heterocycles. The van der Waals surface area contributed by atoms with Crippen molar-refractivity contribution in [2.24, 2.45) is 5.10 Å². The third-order valence-corrected chi connectivity index (χ3v) is 3.82. The molecule has 0 radical (unpaired) electrons. The summed E-state index contributed by atoms with van der Waals surface area (Å²) in [6.45, 7) is 9.57. The molecule has 24 heavy (non-hydrogen) atoms. The molecule has 2 aromatic rings. The minimum Gasteiger partial charge on any atom is -0.494 e. The maximum atomic E-state index is 5.50. The van der Waals surface area contributed by atoms with Gasteiger partial charge in [-0.3, -0.25) is 5.43 Å². The van der Waals surface area contributed by atoms with Crippen LogP contribution in [-0.4, -0.2) is 29.0 Å². The number of aryl methyl sites for hydroxylation is 1. The first kappa shape index (κ1) is 18.0. The molecule has 1 heterocycles. The van der Waals surface area contributed by atoms with E-state index in [1.165, 1.54) is 0 Å². The molecule has 0 fully saturated rings. The molecule has 1 aromatic carbocycles. The zero-order chi connectivity index (χ0) is 17.5. The fourth-order valence-electron chi connectivity index (χ4n) is 2.53. The highest BCUT2D eigenvalue weighted by Gasteiger charge is 2.09. The predicted octanol–water partition coefficient (Wildman–Crippen LogP) is 3.31. The Morgan fingerprint density at radius 3 is 2.58 bits per heavy atom. The number of hydrogen-bond donors (Lipinski definition) is 2. The second-order valence-electron chi connectivity index (χ2n) is 5.32. The summed E-state index contributed by atoms with van der Waals surface area (Å²) >= 11 is 5.09. The van der Waals surface area contributed by atoms with Gasteiger partial charge < -0.3 is 14.6 Å². The van der Waals surface area contributed by atoms with Gasteiger partial charge in [0.05, 0.1) is 12.8 Å². The third-order valence-electron chi connectivity index (χ3n) is 3.58. The summed E-state index contributed by atoms with van der Waals surface area (Å²) in [5.74, 6) is 0.881. The monoisotopic (exact) mass is 344 g/mol. The summed E-state index contributed by atoms with van der Waals surface area (Å²) in [6, 6.07) is 10.2. The van der Waals surface area contributed by atoms with Gasteiger partial charge in [-0.25, -0.2) is 0 Å². The Morgan fingerprint density at radius 2 is 1.96 bits per heavy atom. The fourth-order valence-corrected chi connectivity index (χ4v) is 2.73. The van der Waals surface area contributed by atoms with E-state index in [4.69, 9.17) is 17.0 Å². The Labute approximate surface area is 148 Å². The summed E-state index contributed by atoms with van der Waals surface area (Å²) < 4.78 is 7.70. The molecule has 6 heteroatoms. The van der Waals surface area contributed by atoms with Crippen LogP contribution in [0, 0.1) is 13.8 Å². The highest BCUT2D eigenvalue weighted by Crippen LogP contribution is 2.22. The average molecular weight is 344 g/mol. The van der Waals surface area contributed by atoms with Crippen molar-refractivity contribution >= 4 is 23.5 Å². The Bertz CT molecular complexity index is 719. The number of thiocarbonyl (C=S) groups is 1. The standard InChI is InChI=1S/C18H24N4OS/c1-5-19-18(24)21-20-12-15-11-13(3)22(14(15)4)16-7-9-17(10-8-16)23-6-2/h7-12H,5-6H2,1-4H3,(H2,19,21,24)/b20-12-. The van der Waals surface area contributed by atoms with Crippen LogP contribution in [0.3, 0.4) is 0 Å². The van der Waals surface area contributed by atoms with E-state index in [-0.39, 0.29) is 0 Å². The number of benzene rings is 1. The Morgan fingerprint density at radius 1 is 1.25 bits per heavy atom. The number of aromatic nitrogens is 1. The lowest BCUT2D eigenvalue weighted by Gasteiger charge is -2.11. The molecule has 0 unspecified atom stereocenters. The maximum Gasteiger partial charge on any atom is 0.186 e. The topological polar surface area (TPSA) is 50.6 Å². The van der Waals surface area contributed by atoms with Gasteiger partial charge in [0.1, 0.15) is 5.75 Å². The summed E-state index contributed by atoms with van der Waals surface area (Å²) in [6.07, 6.45) is 1.79. The Kier molecular flexibility index (Phi) is 6.37. The van der Waals surface area contributed by atoms with Crippen molar-refractivity contribution in [3.8, 4) is 11.4 Å². The van der Waals surface area contributed by atoms with E-state index in [2.05, 4.69) is 52.5 Å². The Balaban J connectivity index is 2.19. The van der Waals surface area contributed by atoms with Crippen LogP contribution < -0.4 is 15.5 Å². The number of nitrogens with zero attached hydrogens (tertiary/aromatic N) is 2. The number of nitrogens with one attached hydrogen (secondary N) is 2. The van der Waals surface area contributed by atoms with E-state index in [0.29, 0.717) is 11.7 Å². The summed E-state index contributed by atoms with van der Waals surface area (Å²) in [5, 5.41) is 7.71. The maximum absolute atomic E-state index is 5.50. The van der Waals surface area contributed by atoms with E-state index in [1.807, 2.05) is 26.0 Å². The molecular weight excluding hydrogens is 320 g/mol. The van der Waals surface area contributed by atoms with Crippen molar-refractivity contribution in [1.82, 2.24) is 15.3 Å². The zero-order valence-electron chi connectivity index (χ0n) is 14.6. The molecule has 0 atom stereocenters. The first-order valence-corrected chi connectivity index (χ1v) is 8.46. The normalized spacial score (nSPS) is 10.8. The fraction of sp³-hybridized carbons (Fsp3) is 0.333. The molecule has 0 bridgehead atoms. The van der Waals surface area contributed by atoms with Gasteiger partial charge in [0.2, 0.25) is 0 Å². The second-order valence-corrected chi connectivity index (χ2v) is 5.73. The van der Waals surface area contributed by atoms with Gasteiger partial charge in [-0.2, -0.15) is 5.10 Å². The highest BCUT2D eigenvalue weighted by molar-refractivity contribution is 7.80. The van der Waals surface area contributed by atoms with E-state index >= 15 is 0 Å². The van der Waals surface area contributed by atoms with E-state index in [9.17, 15) is 0 Å². The van der Waals surface area contributed by atoms with Crippen LogP contribution in [0.4, 0.5) is 0 Å². The summed E-state index contributed by atoms with van der Waals surface area (Å²) in [5.41, 5.74) is 7.23. The minimum atomic E-state index is 0.522. The quantitative estimate of drug-likeness (QED) is 0.479. The van der Waals surface area contributed by atoms with Crippen molar-refractivity contribution in [3.63, 3.8) is 0 Å². The van der Waals surface area contributed by atoms with Gasteiger partial charge in [-0.15, -0.1) is 0 Å². The largest absolute Gasteiger partial charge is 0.494 e. The van der Waals surface area contributed by atoms with Crippen LogP contribution in [0.15, 0.2) is 35.4 Å². The molecular formula is C18H24N4OS. The van der Waals surface area contributed by atoms with E-state index < -0.39 is 0 Å². The molecule has 0 aliphatic heterocycles. The third kappa shape index (κ3) is 4.35.